The fourth-order valence-corrected chi connectivity index (χ4v) is 4.20. The Balaban J connectivity index is 1.70. The van der Waals surface area contributed by atoms with Crippen molar-refractivity contribution < 1.29 is 24.0 Å². The Morgan fingerprint density at radius 3 is 2.44 bits per heavy atom. The number of hydrogen-bond acceptors (Lipinski definition) is 6. The van der Waals surface area contributed by atoms with Crippen molar-refractivity contribution in [3.8, 4) is 11.5 Å². The van der Waals surface area contributed by atoms with Crippen LogP contribution in [0.3, 0.4) is 0 Å². The number of hydrogen-bond donors (Lipinski definition) is 1. The molecule has 0 bridgehead atoms. The van der Waals surface area contributed by atoms with Gasteiger partial charge in [0.15, 0.2) is 11.5 Å². The highest BCUT2D eigenvalue weighted by atomic mass is 79.9. The highest BCUT2D eigenvalue weighted by Crippen LogP contribution is 2.41. The molecule has 1 fully saturated rings. The van der Waals surface area contributed by atoms with Gasteiger partial charge >= 0.3 is 0 Å². The second-order valence-electron chi connectivity index (χ2n) is 7.34. The van der Waals surface area contributed by atoms with Crippen LogP contribution in [0.5, 0.6) is 11.5 Å². The average Bonchev–Trinajstić information content (AvgIpc) is 3.31. The molecule has 2 amide bonds. The van der Waals surface area contributed by atoms with Crippen LogP contribution in [0.2, 0.25) is 0 Å². The standard InChI is InChI=1S/C22H20BrN3O6/c23-18(16-5-4-6-17-20(16)32-13-31-17)19(22(28)25-11-2-1-3-12-25)24-21(27)14-7-9-15(10-8-14)26(29)30/h4-10H,1-3,11-13H2,(H,24,27)/b19-18-. The third kappa shape index (κ3) is 4.45. The smallest absolute Gasteiger partial charge is 0.271 e. The monoisotopic (exact) mass is 501 g/mol. The molecule has 10 heteroatoms. The molecule has 1 N–H and O–H groups in total. The fourth-order valence-electron chi connectivity index (χ4n) is 3.62. The lowest BCUT2D eigenvalue weighted by Crippen LogP contribution is -2.41. The Morgan fingerprint density at radius 2 is 1.75 bits per heavy atom. The van der Waals surface area contributed by atoms with E-state index in [0.29, 0.717) is 34.6 Å². The number of nitro groups is 1. The summed E-state index contributed by atoms with van der Waals surface area (Å²) in [7, 11) is 0. The van der Waals surface area contributed by atoms with Gasteiger partial charge in [-0.1, -0.05) is 6.07 Å². The van der Waals surface area contributed by atoms with Crippen LogP contribution in [0.25, 0.3) is 4.48 Å². The highest BCUT2D eigenvalue weighted by Gasteiger charge is 2.28. The number of nitrogens with one attached hydrogen (secondary N) is 1. The summed E-state index contributed by atoms with van der Waals surface area (Å²) in [5.41, 5.74) is 0.709. The van der Waals surface area contributed by atoms with Gasteiger partial charge in [0.1, 0.15) is 5.70 Å². The molecule has 32 heavy (non-hydrogen) atoms. The summed E-state index contributed by atoms with van der Waals surface area (Å²) >= 11 is 3.50. The Kier molecular flexibility index (Phi) is 6.40. The van der Waals surface area contributed by atoms with Gasteiger partial charge in [0.25, 0.3) is 17.5 Å². The lowest BCUT2D eigenvalue weighted by Gasteiger charge is -2.28. The average molecular weight is 502 g/mol. The van der Waals surface area contributed by atoms with Gasteiger partial charge in [0.05, 0.1) is 9.41 Å². The van der Waals surface area contributed by atoms with Gasteiger partial charge in [-0.2, -0.15) is 0 Å². The van der Waals surface area contributed by atoms with Crippen molar-refractivity contribution in [3.05, 3.63) is 69.4 Å². The molecule has 166 valence electrons. The van der Waals surface area contributed by atoms with Gasteiger partial charge < -0.3 is 19.7 Å². The molecule has 1 saturated heterocycles. The van der Waals surface area contributed by atoms with E-state index in [-0.39, 0.29) is 29.6 Å². The topological polar surface area (TPSA) is 111 Å². The van der Waals surface area contributed by atoms with Gasteiger partial charge in [0.2, 0.25) is 6.79 Å². The molecule has 0 saturated carbocycles. The predicted molar refractivity (Wildman–Crippen MR) is 119 cm³/mol. The number of amides is 2. The van der Waals surface area contributed by atoms with Gasteiger partial charge in [-0.3, -0.25) is 19.7 Å². The minimum atomic E-state index is -0.554. The summed E-state index contributed by atoms with van der Waals surface area (Å²) in [6.45, 7) is 1.27. The molecule has 0 unspecified atom stereocenters. The van der Waals surface area contributed by atoms with Gasteiger partial charge in [0, 0.05) is 36.3 Å². The number of nitrogens with zero attached hydrogens (tertiary/aromatic N) is 2. The number of fused-ring (bicyclic) bond motifs is 1. The summed E-state index contributed by atoms with van der Waals surface area (Å²) in [5, 5.41) is 13.6. The zero-order valence-corrected chi connectivity index (χ0v) is 18.6. The summed E-state index contributed by atoms with van der Waals surface area (Å²) in [4.78, 5) is 38.4. The zero-order valence-electron chi connectivity index (χ0n) is 17.0. The summed E-state index contributed by atoms with van der Waals surface area (Å²) in [6.07, 6.45) is 2.84. The van der Waals surface area contributed by atoms with Crippen molar-refractivity contribution in [1.29, 1.82) is 0 Å². The first-order valence-corrected chi connectivity index (χ1v) is 10.9. The SMILES string of the molecule is O=C(N/C(C(=O)N1CCCCC1)=C(\Br)c1cccc2c1OCO2)c1ccc([N+](=O)[O-])cc1. The van der Waals surface area contributed by atoms with Crippen LogP contribution in [0.15, 0.2) is 48.2 Å². The first-order chi connectivity index (χ1) is 15.5. The lowest BCUT2D eigenvalue weighted by molar-refractivity contribution is -0.384. The molecule has 0 spiro atoms. The molecular weight excluding hydrogens is 482 g/mol. The van der Waals surface area contributed by atoms with E-state index in [0.717, 1.165) is 19.3 Å². The van der Waals surface area contributed by atoms with Crippen LogP contribution in [0.1, 0.15) is 35.2 Å². The molecule has 2 aromatic rings. The van der Waals surface area contributed by atoms with E-state index < -0.39 is 10.8 Å². The van der Waals surface area contributed by atoms with E-state index >= 15 is 0 Å². The number of likely N-dealkylation sites (tertiary alicyclic amines) is 1. The Bertz CT molecular complexity index is 1090. The molecule has 4 rings (SSSR count). The highest BCUT2D eigenvalue weighted by molar-refractivity contribution is 9.15. The van der Waals surface area contributed by atoms with Gasteiger partial charge in [-0.15, -0.1) is 0 Å². The number of nitro benzene ring substituents is 1. The molecule has 9 nitrogen and oxygen atoms in total. The molecular formula is C22H20BrN3O6. The second kappa shape index (κ2) is 9.39. The minimum absolute atomic E-state index is 0.0667. The van der Waals surface area contributed by atoms with Crippen molar-refractivity contribution in [2.75, 3.05) is 19.9 Å². The number of rotatable bonds is 5. The number of piperidine rings is 1. The Labute approximate surface area is 192 Å². The molecule has 2 heterocycles. The number of carbonyl (C=O) groups is 2. The van der Waals surface area contributed by atoms with Crippen molar-refractivity contribution in [1.82, 2.24) is 10.2 Å². The quantitative estimate of drug-likeness (QED) is 0.378. The third-order valence-corrected chi connectivity index (χ3v) is 6.11. The normalized spacial score (nSPS) is 15.7. The Morgan fingerprint density at radius 1 is 1.03 bits per heavy atom. The van der Waals surface area contributed by atoms with Crippen molar-refractivity contribution >= 4 is 37.9 Å². The van der Waals surface area contributed by atoms with E-state index in [1.54, 1.807) is 23.1 Å². The van der Waals surface area contributed by atoms with Gasteiger partial charge in [-0.05, 0) is 59.5 Å². The molecule has 2 aliphatic rings. The molecule has 2 aromatic carbocycles. The minimum Gasteiger partial charge on any atom is -0.454 e. The van der Waals surface area contributed by atoms with E-state index in [1.807, 2.05) is 0 Å². The van der Waals surface area contributed by atoms with Crippen LogP contribution in [0.4, 0.5) is 5.69 Å². The second-order valence-corrected chi connectivity index (χ2v) is 8.13. The molecule has 0 radical (unpaired) electrons. The van der Waals surface area contributed by atoms with Crippen molar-refractivity contribution in [3.63, 3.8) is 0 Å². The Hall–Kier alpha value is -3.40. The number of halogens is 1. The molecule has 0 aromatic heterocycles. The van der Waals surface area contributed by atoms with E-state index in [1.165, 1.54) is 24.3 Å². The summed E-state index contributed by atoms with van der Waals surface area (Å²) in [6, 6.07) is 10.5. The maximum absolute atomic E-state index is 13.4. The first kappa shape index (κ1) is 21.8. The van der Waals surface area contributed by atoms with Crippen molar-refractivity contribution in [2.24, 2.45) is 0 Å². The summed E-state index contributed by atoms with van der Waals surface area (Å²) in [5.74, 6) is 0.157. The van der Waals surface area contributed by atoms with Crippen LogP contribution < -0.4 is 14.8 Å². The number of benzene rings is 2. The number of ether oxygens (including phenoxy) is 2. The maximum atomic E-state index is 13.4. The fraction of sp³-hybridized carbons (Fsp3) is 0.273. The van der Waals surface area contributed by atoms with Crippen LogP contribution in [-0.2, 0) is 4.79 Å². The molecule has 2 aliphatic heterocycles. The van der Waals surface area contributed by atoms with Gasteiger partial charge in [-0.25, -0.2) is 0 Å². The summed E-state index contributed by atoms with van der Waals surface area (Å²) < 4.78 is 11.4. The van der Waals surface area contributed by atoms with E-state index in [2.05, 4.69) is 21.2 Å². The molecule has 0 atom stereocenters. The number of para-hydroxylation sites is 1. The van der Waals surface area contributed by atoms with E-state index in [4.69, 9.17) is 9.47 Å². The van der Waals surface area contributed by atoms with Crippen molar-refractivity contribution in [2.45, 2.75) is 19.3 Å². The van der Waals surface area contributed by atoms with E-state index in [9.17, 15) is 19.7 Å². The largest absolute Gasteiger partial charge is 0.454 e. The maximum Gasteiger partial charge on any atom is 0.271 e. The van der Waals surface area contributed by atoms with Crippen LogP contribution >= 0.6 is 15.9 Å². The lowest BCUT2D eigenvalue weighted by atomic mass is 10.1. The molecule has 0 aliphatic carbocycles. The predicted octanol–water partition coefficient (Wildman–Crippen LogP) is 3.83. The number of carbonyl (C=O) groups excluding carboxylic acids is 2. The van der Waals surface area contributed by atoms with Crippen LogP contribution in [-0.4, -0.2) is 41.5 Å². The first-order valence-electron chi connectivity index (χ1n) is 10.1. The van der Waals surface area contributed by atoms with Crippen LogP contribution in [0, 0.1) is 10.1 Å². The number of non-ortho nitro benzene ring substituents is 1. The zero-order chi connectivity index (χ0) is 22.7. The third-order valence-electron chi connectivity index (χ3n) is 5.29.